The summed E-state index contributed by atoms with van der Waals surface area (Å²) >= 11 is 0. The molecule has 0 saturated carbocycles. The molecule has 0 spiro atoms. The minimum absolute atomic E-state index is 0.0664. The number of aromatic nitrogens is 2. The zero-order valence-electron chi connectivity index (χ0n) is 16.9. The molecule has 0 fully saturated rings. The van der Waals surface area contributed by atoms with Crippen LogP contribution < -0.4 is 16.2 Å². The van der Waals surface area contributed by atoms with Gasteiger partial charge in [-0.3, -0.25) is 4.79 Å². The first kappa shape index (κ1) is 21.3. The quantitative estimate of drug-likeness (QED) is 0.322. The van der Waals surface area contributed by atoms with Gasteiger partial charge in [0.25, 0.3) is 0 Å². The number of hydrogen-bond donors (Lipinski definition) is 4. The summed E-state index contributed by atoms with van der Waals surface area (Å²) in [7, 11) is -3.72. The Morgan fingerprint density at radius 1 is 1.09 bits per heavy atom. The number of nitrogens with zero attached hydrogens (tertiary/aromatic N) is 1. The number of primary amides is 1. The van der Waals surface area contributed by atoms with Crippen LogP contribution in [0.2, 0.25) is 0 Å². The van der Waals surface area contributed by atoms with Gasteiger partial charge < -0.3 is 16.0 Å². The van der Waals surface area contributed by atoms with Gasteiger partial charge in [0, 0.05) is 29.3 Å². The van der Waals surface area contributed by atoms with Crippen LogP contribution in [0.3, 0.4) is 0 Å². The topological polar surface area (TPSA) is 144 Å². The van der Waals surface area contributed by atoms with E-state index in [-0.39, 0.29) is 4.90 Å². The lowest BCUT2D eigenvalue weighted by Gasteiger charge is -2.08. The molecule has 2 aromatic heterocycles. The second-order valence-corrected chi connectivity index (χ2v) is 8.76. The van der Waals surface area contributed by atoms with E-state index in [1.807, 2.05) is 36.4 Å². The number of rotatable bonds is 7. The predicted molar refractivity (Wildman–Crippen MR) is 125 cm³/mol. The lowest BCUT2D eigenvalue weighted by molar-refractivity contribution is -0.112. The average Bonchev–Trinajstić information content (AvgIpc) is 3.18. The molecule has 1 amide bonds. The molecular formula is C23H21N5O3S. The molecule has 0 aliphatic heterocycles. The Balaban J connectivity index is 1.59. The van der Waals surface area contributed by atoms with Crippen molar-refractivity contribution in [1.82, 2.24) is 9.97 Å². The molecule has 2 heterocycles. The summed E-state index contributed by atoms with van der Waals surface area (Å²) in [5, 5.41) is 9.23. The van der Waals surface area contributed by atoms with Crippen molar-refractivity contribution in [2.45, 2.75) is 11.4 Å². The van der Waals surface area contributed by atoms with Crippen molar-refractivity contribution in [2.24, 2.45) is 10.9 Å². The van der Waals surface area contributed by atoms with E-state index in [0.717, 1.165) is 27.8 Å². The van der Waals surface area contributed by atoms with Gasteiger partial charge in [0.05, 0.1) is 16.8 Å². The third kappa shape index (κ3) is 4.69. The van der Waals surface area contributed by atoms with Crippen molar-refractivity contribution in [3.63, 3.8) is 0 Å². The Bertz CT molecular complexity index is 1410. The summed E-state index contributed by atoms with van der Waals surface area (Å²) < 4.78 is 22.8. The van der Waals surface area contributed by atoms with Crippen molar-refractivity contribution in [1.29, 1.82) is 0 Å². The molecule has 4 aromatic rings. The average molecular weight is 448 g/mol. The Hall–Kier alpha value is -3.95. The standard InChI is InChI=1S/C23H21N5O3S/c24-22(29)20(16-4-2-1-3-5-16)10-17-13-27-23-21(17)11-18(14-28-23)26-12-15-6-8-19(9-7-15)32(25,30)31/h1-11,13-14,26H,12H2,(H2,24,29)(H,27,28)(H2,25,30,31)/b20-10+. The number of anilines is 1. The fourth-order valence-corrected chi connectivity index (χ4v) is 3.83. The third-order valence-electron chi connectivity index (χ3n) is 4.96. The van der Waals surface area contributed by atoms with Gasteiger partial charge in [0.2, 0.25) is 15.9 Å². The number of benzene rings is 2. The summed E-state index contributed by atoms with van der Waals surface area (Å²) in [4.78, 5) is 19.6. The van der Waals surface area contributed by atoms with E-state index in [1.165, 1.54) is 12.1 Å². The van der Waals surface area contributed by atoms with E-state index in [1.54, 1.807) is 30.6 Å². The van der Waals surface area contributed by atoms with Crippen LogP contribution in [0, 0.1) is 0 Å². The number of aromatic amines is 1. The highest BCUT2D eigenvalue weighted by Gasteiger charge is 2.11. The summed E-state index contributed by atoms with van der Waals surface area (Å²) in [5.74, 6) is -0.518. The molecule has 0 atom stereocenters. The fraction of sp³-hybridized carbons (Fsp3) is 0.0435. The maximum atomic E-state index is 12.0. The van der Waals surface area contributed by atoms with Crippen molar-refractivity contribution in [3.8, 4) is 0 Å². The van der Waals surface area contributed by atoms with E-state index in [0.29, 0.717) is 17.8 Å². The molecule has 162 valence electrons. The van der Waals surface area contributed by atoms with E-state index in [4.69, 9.17) is 10.9 Å². The molecule has 6 N–H and O–H groups in total. The van der Waals surface area contributed by atoms with Gasteiger partial charge in [-0.1, -0.05) is 42.5 Å². The first-order chi connectivity index (χ1) is 15.3. The number of carbonyl (C=O) groups excluding carboxylic acids is 1. The van der Waals surface area contributed by atoms with Crippen molar-refractivity contribution >= 4 is 44.3 Å². The van der Waals surface area contributed by atoms with Crippen LogP contribution in [0.1, 0.15) is 16.7 Å². The van der Waals surface area contributed by atoms with Crippen LogP contribution in [-0.2, 0) is 21.4 Å². The van der Waals surface area contributed by atoms with Gasteiger partial charge in [-0.05, 0) is 35.4 Å². The molecular weight excluding hydrogens is 426 g/mol. The number of amides is 1. The molecule has 0 unspecified atom stereocenters. The number of pyridine rings is 1. The van der Waals surface area contributed by atoms with Crippen molar-refractivity contribution in [3.05, 3.63) is 89.7 Å². The van der Waals surface area contributed by atoms with Crippen molar-refractivity contribution < 1.29 is 13.2 Å². The minimum atomic E-state index is -3.72. The monoisotopic (exact) mass is 447 g/mol. The maximum absolute atomic E-state index is 12.0. The molecule has 4 rings (SSSR count). The number of sulfonamides is 1. The van der Waals surface area contributed by atoms with E-state index >= 15 is 0 Å². The Morgan fingerprint density at radius 3 is 2.47 bits per heavy atom. The highest BCUT2D eigenvalue weighted by molar-refractivity contribution is 7.89. The number of nitrogens with two attached hydrogens (primary N) is 2. The van der Waals surface area contributed by atoms with E-state index < -0.39 is 15.9 Å². The van der Waals surface area contributed by atoms with Crippen molar-refractivity contribution in [2.75, 3.05) is 5.32 Å². The van der Waals surface area contributed by atoms with Crippen LogP contribution in [0.5, 0.6) is 0 Å². The number of fused-ring (bicyclic) bond motifs is 1. The smallest absolute Gasteiger partial charge is 0.249 e. The van der Waals surface area contributed by atoms with Gasteiger partial charge in [-0.25, -0.2) is 18.5 Å². The number of nitrogens with one attached hydrogen (secondary N) is 2. The Labute approximate surface area is 185 Å². The van der Waals surface area contributed by atoms with Gasteiger partial charge in [0.15, 0.2) is 0 Å². The van der Waals surface area contributed by atoms with Gasteiger partial charge in [-0.2, -0.15) is 0 Å². The Morgan fingerprint density at radius 2 is 1.81 bits per heavy atom. The highest BCUT2D eigenvalue weighted by Crippen LogP contribution is 2.25. The van der Waals surface area contributed by atoms with Gasteiger partial charge in [0.1, 0.15) is 5.65 Å². The molecule has 0 aliphatic carbocycles. The number of primary sulfonamides is 1. The summed E-state index contributed by atoms with van der Waals surface area (Å²) in [6.45, 7) is 0.463. The predicted octanol–water partition coefficient (Wildman–Crippen LogP) is 2.85. The summed E-state index contributed by atoms with van der Waals surface area (Å²) in [6.07, 6.45) is 5.21. The van der Waals surface area contributed by atoms with Crippen LogP contribution in [-0.4, -0.2) is 24.3 Å². The summed E-state index contributed by atoms with van der Waals surface area (Å²) in [5.41, 5.74) is 9.86. The molecule has 9 heteroatoms. The molecule has 2 aromatic carbocycles. The molecule has 0 bridgehead atoms. The number of hydrogen-bond acceptors (Lipinski definition) is 5. The fourth-order valence-electron chi connectivity index (χ4n) is 3.31. The molecule has 8 nitrogen and oxygen atoms in total. The molecule has 0 radical (unpaired) electrons. The van der Waals surface area contributed by atoms with Gasteiger partial charge in [-0.15, -0.1) is 0 Å². The zero-order chi connectivity index (χ0) is 22.7. The summed E-state index contributed by atoms with van der Waals surface area (Å²) in [6, 6.07) is 17.5. The van der Waals surface area contributed by atoms with E-state index in [9.17, 15) is 13.2 Å². The van der Waals surface area contributed by atoms with E-state index in [2.05, 4.69) is 15.3 Å². The molecule has 32 heavy (non-hydrogen) atoms. The second kappa shape index (κ2) is 8.66. The molecule has 0 saturated heterocycles. The highest BCUT2D eigenvalue weighted by atomic mass is 32.2. The lowest BCUT2D eigenvalue weighted by Crippen LogP contribution is -2.12. The minimum Gasteiger partial charge on any atom is -0.380 e. The molecule has 0 aliphatic rings. The zero-order valence-corrected chi connectivity index (χ0v) is 17.8. The number of H-pyrrole nitrogens is 1. The first-order valence-corrected chi connectivity index (χ1v) is 11.3. The second-order valence-electron chi connectivity index (χ2n) is 7.19. The van der Waals surface area contributed by atoms with Crippen LogP contribution in [0.4, 0.5) is 5.69 Å². The normalized spacial score (nSPS) is 12.1. The first-order valence-electron chi connectivity index (χ1n) is 9.71. The third-order valence-corrected chi connectivity index (χ3v) is 5.89. The SMILES string of the molecule is NC(=O)/C(=C/c1c[nH]c2ncc(NCc3ccc(S(N)(=O)=O)cc3)cc12)c1ccccc1. The van der Waals surface area contributed by atoms with Crippen LogP contribution >= 0.6 is 0 Å². The number of carbonyl (C=O) groups is 1. The Kier molecular flexibility index (Phi) is 5.76. The maximum Gasteiger partial charge on any atom is 0.249 e. The van der Waals surface area contributed by atoms with Crippen LogP contribution in [0.25, 0.3) is 22.7 Å². The van der Waals surface area contributed by atoms with Crippen LogP contribution in [0.15, 0.2) is 78.0 Å². The lowest BCUT2D eigenvalue weighted by atomic mass is 10.0. The van der Waals surface area contributed by atoms with Gasteiger partial charge >= 0.3 is 0 Å². The largest absolute Gasteiger partial charge is 0.380 e.